The molecule has 0 N–H and O–H groups in total. The molecule has 4 atom stereocenters. The van der Waals surface area contributed by atoms with Crippen molar-refractivity contribution in [3.05, 3.63) is 64.7 Å². The Labute approximate surface area is 159 Å². The van der Waals surface area contributed by atoms with Gasteiger partial charge in [-0.3, -0.25) is 9.69 Å². The van der Waals surface area contributed by atoms with Gasteiger partial charge in [-0.25, -0.2) is 0 Å². The molecule has 4 heteroatoms. The summed E-state index contributed by atoms with van der Waals surface area (Å²) >= 11 is 6.07. The zero-order valence-electron chi connectivity index (χ0n) is 15.2. The van der Waals surface area contributed by atoms with Crippen molar-refractivity contribution in [3.8, 4) is 5.75 Å². The molecule has 0 spiro atoms. The van der Waals surface area contributed by atoms with Gasteiger partial charge in [-0.1, -0.05) is 41.9 Å². The maximum atomic E-state index is 13.2. The third-order valence-corrected chi connectivity index (χ3v) is 6.40. The van der Waals surface area contributed by atoms with E-state index in [2.05, 4.69) is 24.1 Å². The molecule has 2 aliphatic heterocycles. The van der Waals surface area contributed by atoms with Crippen LogP contribution in [0.2, 0.25) is 5.02 Å². The lowest BCUT2D eigenvalue weighted by molar-refractivity contribution is -0.143. The summed E-state index contributed by atoms with van der Waals surface area (Å²) in [4.78, 5) is 15.6. The third kappa shape index (κ3) is 3.15. The summed E-state index contributed by atoms with van der Waals surface area (Å²) in [5.74, 6) is 0.573. The number of ether oxygens (including phenoxy) is 1. The van der Waals surface area contributed by atoms with Crippen molar-refractivity contribution in [1.82, 2.24) is 4.90 Å². The highest BCUT2D eigenvalue weighted by molar-refractivity contribution is 6.30. The molecule has 2 aliphatic rings. The van der Waals surface area contributed by atoms with Crippen molar-refractivity contribution in [2.24, 2.45) is 5.92 Å². The highest BCUT2D eigenvalue weighted by atomic mass is 35.5. The van der Waals surface area contributed by atoms with Crippen molar-refractivity contribution < 1.29 is 9.53 Å². The van der Waals surface area contributed by atoms with Crippen LogP contribution in [0.15, 0.2) is 48.5 Å². The molecular formula is C22H24ClNO2. The van der Waals surface area contributed by atoms with Crippen LogP contribution in [0.3, 0.4) is 0 Å². The molecule has 2 bridgehead atoms. The molecule has 2 aromatic carbocycles. The Bertz CT molecular complexity index is 804. The van der Waals surface area contributed by atoms with Crippen LogP contribution in [0.25, 0.3) is 0 Å². The fraction of sp³-hybridized carbons (Fsp3) is 0.409. The summed E-state index contributed by atoms with van der Waals surface area (Å²) in [5, 5.41) is 0.726. The van der Waals surface area contributed by atoms with Crippen LogP contribution < -0.4 is 4.74 Å². The van der Waals surface area contributed by atoms with Crippen LogP contribution in [-0.2, 0) is 4.79 Å². The first kappa shape index (κ1) is 17.6. The van der Waals surface area contributed by atoms with Gasteiger partial charge in [0.2, 0.25) is 0 Å². The number of carbonyl (C=O) groups is 1. The fourth-order valence-corrected chi connectivity index (χ4v) is 4.81. The Hall–Kier alpha value is -1.84. The van der Waals surface area contributed by atoms with E-state index in [1.54, 1.807) is 0 Å². The van der Waals surface area contributed by atoms with E-state index < -0.39 is 0 Å². The van der Waals surface area contributed by atoms with Crippen molar-refractivity contribution in [1.29, 1.82) is 0 Å². The summed E-state index contributed by atoms with van der Waals surface area (Å²) in [7, 11) is 2.15. The standard InChI is InChI=1S/C22H24ClNO2/c1-14-5-3-4-6-20(14)26-22(25)21-18(15-7-9-16(23)10-8-15)13-17-11-12-19(21)24(17)2/h3-10,17-19,21H,11-13H2,1-2H3/t17-,18-,19?,21?/m1/s1. The van der Waals surface area contributed by atoms with Gasteiger partial charge in [-0.05, 0) is 62.6 Å². The molecule has 0 radical (unpaired) electrons. The van der Waals surface area contributed by atoms with E-state index in [1.807, 2.05) is 43.3 Å². The van der Waals surface area contributed by atoms with E-state index in [1.165, 1.54) is 5.56 Å². The van der Waals surface area contributed by atoms with E-state index >= 15 is 0 Å². The lowest BCUT2D eigenvalue weighted by Crippen LogP contribution is -2.49. The zero-order chi connectivity index (χ0) is 18.3. The smallest absolute Gasteiger partial charge is 0.316 e. The Balaban J connectivity index is 1.65. The van der Waals surface area contributed by atoms with Gasteiger partial charge in [0.25, 0.3) is 0 Å². The predicted molar refractivity (Wildman–Crippen MR) is 104 cm³/mol. The summed E-state index contributed by atoms with van der Waals surface area (Å²) in [6, 6.07) is 16.4. The van der Waals surface area contributed by atoms with Gasteiger partial charge in [0.05, 0.1) is 5.92 Å². The molecule has 2 aromatic rings. The van der Waals surface area contributed by atoms with Gasteiger partial charge in [-0.15, -0.1) is 0 Å². The van der Waals surface area contributed by atoms with Gasteiger partial charge in [0.1, 0.15) is 5.75 Å². The van der Waals surface area contributed by atoms with E-state index in [4.69, 9.17) is 16.3 Å². The molecule has 136 valence electrons. The first-order valence-electron chi connectivity index (χ1n) is 9.29. The predicted octanol–water partition coefficient (Wildman–Crippen LogP) is 4.82. The van der Waals surface area contributed by atoms with Crippen molar-refractivity contribution in [2.75, 3.05) is 7.05 Å². The van der Waals surface area contributed by atoms with Crippen molar-refractivity contribution in [3.63, 3.8) is 0 Å². The van der Waals surface area contributed by atoms with Gasteiger partial charge >= 0.3 is 5.97 Å². The average molecular weight is 370 g/mol. The number of nitrogens with zero attached hydrogens (tertiary/aromatic N) is 1. The van der Waals surface area contributed by atoms with Crippen LogP contribution in [0, 0.1) is 12.8 Å². The molecule has 0 saturated carbocycles. The number of fused-ring (bicyclic) bond motifs is 2. The van der Waals surface area contributed by atoms with E-state index in [0.717, 1.165) is 29.8 Å². The number of rotatable bonds is 3. The minimum Gasteiger partial charge on any atom is -0.426 e. The minimum absolute atomic E-state index is 0.114. The number of halogens is 1. The van der Waals surface area contributed by atoms with Crippen molar-refractivity contribution in [2.45, 2.75) is 44.2 Å². The highest BCUT2D eigenvalue weighted by Crippen LogP contribution is 2.46. The van der Waals surface area contributed by atoms with Crippen LogP contribution in [0.4, 0.5) is 0 Å². The van der Waals surface area contributed by atoms with Crippen LogP contribution in [0.5, 0.6) is 5.75 Å². The number of hydrogen-bond donors (Lipinski definition) is 0. The molecule has 3 nitrogen and oxygen atoms in total. The maximum absolute atomic E-state index is 13.2. The number of hydrogen-bond acceptors (Lipinski definition) is 3. The summed E-state index contributed by atoms with van der Waals surface area (Å²) in [6.45, 7) is 1.97. The van der Waals surface area contributed by atoms with E-state index in [0.29, 0.717) is 11.8 Å². The number of benzene rings is 2. The van der Waals surface area contributed by atoms with E-state index in [-0.39, 0.29) is 23.8 Å². The zero-order valence-corrected chi connectivity index (χ0v) is 15.9. The summed E-state index contributed by atoms with van der Waals surface area (Å²) < 4.78 is 5.87. The van der Waals surface area contributed by atoms with Crippen LogP contribution in [0.1, 0.15) is 36.3 Å². The largest absolute Gasteiger partial charge is 0.426 e. The number of carbonyl (C=O) groups excluding carboxylic acids is 1. The van der Waals surface area contributed by atoms with Crippen LogP contribution in [-0.4, -0.2) is 30.0 Å². The fourth-order valence-electron chi connectivity index (χ4n) is 4.69. The summed E-state index contributed by atoms with van der Waals surface area (Å²) in [5.41, 5.74) is 2.17. The van der Waals surface area contributed by atoms with E-state index in [9.17, 15) is 4.79 Å². The SMILES string of the molecule is Cc1ccccc1OC(=O)C1C2CC[C@H](C[C@@H]1c1ccc(Cl)cc1)N2C. The minimum atomic E-state index is -0.153. The molecule has 0 aliphatic carbocycles. The third-order valence-electron chi connectivity index (χ3n) is 6.14. The quantitative estimate of drug-likeness (QED) is 0.573. The Kier molecular flexibility index (Phi) is 4.76. The lowest BCUT2D eigenvalue weighted by atomic mass is 9.76. The first-order chi connectivity index (χ1) is 12.5. The molecule has 0 amide bonds. The Morgan fingerprint density at radius 1 is 1.12 bits per heavy atom. The normalized spacial score (nSPS) is 28.1. The number of piperidine rings is 1. The van der Waals surface area contributed by atoms with Crippen LogP contribution >= 0.6 is 11.6 Å². The second kappa shape index (κ2) is 7.05. The average Bonchev–Trinajstić information content (AvgIpc) is 2.87. The molecule has 4 rings (SSSR count). The molecule has 0 aromatic heterocycles. The number of para-hydroxylation sites is 1. The molecule has 26 heavy (non-hydrogen) atoms. The highest BCUT2D eigenvalue weighted by Gasteiger charge is 2.49. The first-order valence-corrected chi connectivity index (χ1v) is 9.67. The lowest BCUT2D eigenvalue weighted by Gasteiger charge is -2.42. The molecular weight excluding hydrogens is 346 g/mol. The van der Waals surface area contributed by atoms with Gasteiger partial charge in [0, 0.05) is 23.0 Å². The molecule has 2 fully saturated rings. The van der Waals surface area contributed by atoms with Gasteiger partial charge in [-0.2, -0.15) is 0 Å². The van der Waals surface area contributed by atoms with Crippen molar-refractivity contribution >= 4 is 17.6 Å². The summed E-state index contributed by atoms with van der Waals surface area (Å²) in [6.07, 6.45) is 3.19. The molecule has 2 saturated heterocycles. The maximum Gasteiger partial charge on any atom is 0.316 e. The van der Waals surface area contributed by atoms with Gasteiger partial charge < -0.3 is 4.74 Å². The second-order valence-electron chi connectivity index (χ2n) is 7.57. The van der Waals surface area contributed by atoms with Gasteiger partial charge in [0.15, 0.2) is 0 Å². The molecule has 2 heterocycles. The number of aryl methyl sites for hydroxylation is 1. The Morgan fingerprint density at radius 3 is 2.58 bits per heavy atom. The Morgan fingerprint density at radius 2 is 1.85 bits per heavy atom. The monoisotopic (exact) mass is 369 g/mol. The number of esters is 1. The topological polar surface area (TPSA) is 29.5 Å². The second-order valence-corrected chi connectivity index (χ2v) is 8.01. The molecule has 2 unspecified atom stereocenters.